The van der Waals surface area contributed by atoms with Crippen LogP contribution in [0.25, 0.3) is 0 Å². The van der Waals surface area contributed by atoms with Crippen LogP contribution in [0.2, 0.25) is 0 Å². The Morgan fingerprint density at radius 2 is 2.33 bits per heavy atom. The fourth-order valence-corrected chi connectivity index (χ4v) is 2.61. The van der Waals surface area contributed by atoms with Gasteiger partial charge in [0.05, 0.1) is 6.04 Å². The van der Waals surface area contributed by atoms with Crippen LogP contribution in [-0.4, -0.2) is 6.54 Å². The van der Waals surface area contributed by atoms with E-state index in [1.807, 2.05) is 11.3 Å². The molecule has 1 nitrogen and oxygen atoms in total. The van der Waals surface area contributed by atoms with Crippen molar-refractivity contribution >= 4 is 11.3 Å². The van der Waals surface area contributed by atoms with Gasteiger partial charge in [-0.15, -0.1) is 11.3 Å². The third-order valence-corrected chi connectivity index (χ3v) is 3.18. The van der Waals surface area contributed by atoms with E-state index in [2.05, 4.69) is 37.4 Å². The van der Waals surface area contributed by atoms with E-state index in [9.17, 15) is 0 Å². The molecule has 0 saturated carbocycles. The molecule has 1 aromatic rings. The average molecular weight is 179 g/mol. The monoisotopic (exact) mass is 179 g/mol. The molecule has 1 N–H and O–H groups in total. The molecule has 64 valence electrons. The van der Waals surface area contributed by atoms with Crippen molar-refractivity contribution in [1.29, 1.82) is 0 Å². The third kappa shape index (κ3) is 1.32. The minimum atomic E-state index is 0.468. The number of hydrogen-bond donors (Lipinski definition) is 1. The topological polar surface area (TPSA) is 12.0 Å². The second-order valence-corrected chi connectivity index (χ2v) is 4.64. The third-order valence-electron chi connectivity index (χ3n) is 2.20. The Morgan fingerprint density at radius 3 is 2.83 bits per heavy atom. The number of thiophene rings is 1. The van der Waals surface area contributed by atoms with Crippen LogP contribution in [0.3, 0.4) is 0 Å². The highest BCUT2D eigenvalue weighted by molar-refractivity contribution is 7.12. The van der Waals surface area contributed by atoms with Crippen molar-refractivity contribution < 1.29 is 0 Å². The molecule has 0 radical (unpaired) electrons. The van der Waals surface area contributed by atoms with Crippen molar-refractivity contribution in [3.05, 3.63) is 33.5 Å². The van der Waals surface area contributed by atoms with Crippen LogP contribution in [0.5, 0.6) is 0 Å². The summed E-state index contributed by atoms with van der Waals surface area (Å²) in [6.07, 6.45) is 4.44. The fourth-order valence-electron chi connectivity index (χ4n) is 1.64. The minimum absolute atomic E-state index is 0.468. The summed E-state index contributed by atoms with van der Waals surface area (Å²) in [5, 5.41) is 3.42. The second kappa shape index (κ2) is 3.04. The van der Waals surface area contributed by atoms with Crippen LogP contribution in [0.4, 0.5) is 0 Å². The first-order valence-electron chi connectivity index (χ1n) is 4.24. The van der Waals surface area contributed by atoms with Crippen LogP contribution >= 0.6 is 11.3 Å². The smallest absolute Gasteiger partial charge is 0.0520 e. The molecule has 0 amide bonds. The molecular formula is C10H13NS. The van der Waals surface area contributed by atoms with E-state index in [0.717, 1.165) is 6.54 Å². The molecular weight excluding hydrogens is 166 g/mol. The van der Waals surface area contributed by atoms with Gasteiger partial charge in [-0.3, -0.25) is 0 Å². The zero-order valence-electron chi connectivity index (χ0n) is 7.42. The van der Waals surface area contributed by atoms with E-state index < -0.39 is 0 Å². The molecule has 0 fully saturated rings. The van der Waals surface area contributed by atoms with Crippen LogP contribution in [0.15, 0.2) is 18.2 Å². The van der Waals surface area contributed by atoms with E-state index in [0.29, 0.717) is 6.04 Å². The zero-order valence-corrected chi connectivity index (χ0v) is 8.24. The number of nitrogens with one attached hydrogen (secondary N) is 1. The summed E-state index contributed by atoms with van der Waals surface area (Å²) in [6, 6.07) is 2.75. The van der Waals surface area contributed by atoms with Crippen molar-refractivity contribution in [2.24, 2.45) is 0 Å². The Bertz CT molecular complexity index is 312. The van der Waals surface area contributed by atoms with Gasteiger partial charge in [0.1, 0.15) is 0 Å². The molecule has 12 heavy (non-hydrogen) atoms. The summed E-state index contributed by atoms with van der Waals surface area (Å²) in [5.41, 5.74) is 1.45. The normalized spacial score (nSPS) is 22.0. The average Bonchev–Trinajstić information content (AvgIpc) is 2.58. The predicted molar refractivity (Wildman–Crippen MR) is 53.7 cm³/mol. The lowest BCUT2D eigenvalue weighted by Gasteiger charge is -2.07. The molecule has 0 bridgehead atoms. The molecule has 0 saturated heterocycles. The van der Waals surface area contributed by atoms with E-state index >= 15 is 0 Å². The maximum Gasteiger partial charge on any atom is 0.0520 e. The lowest BCUT2D eigenvalue weighted by molar-refractivity contribution is 0.712. The van der Waals surface area contributed by atoms with Gasteiger partial charge in [0.2, 0.25) is 0 Å². The summed E-state index contributed by atoms with van der Waals surface area (Å²) >= 11 is 1.88. The Labute approximate surface area is 77.1 Å². The Kier molecular flexibility index (Phi) is 2.03. The molecule has 1 aromatic heterocycles. The molecule has 1 unspecified atom stereocenters. The van der Waals surface area contributed by atoms with E-state index in [1.165, 1.54) is 15.3 Å². The second-order valence-electron chi connectivity index (χ2n) is 3.18. The highest BCUT2D eigenvalue weighted by Crippen LogP contribution is 2.28. The molecule has 2 rings (SSSR count). The van der Waals surface area contributed by atoms with Gasteiger partial charge in [-0.05, 0) is 25.5 Å². The molecule has 2 heterocycles. The fraction of sp³-hybridized carbons (Fsp3) is 0.400. The van der Waals surface area contributed by atoms with Crippen molar-refractivity contribution in [3.63, 3.8) is 0 Å². The van der Waals surface area contributed by atoms with Gasteiger partial charge < -0.3 is 5.32 Å². The highest BCUT2D eigenvalue weighted by atomic mass is 32.1. The van der Waals surface area contributed by atoms with Crippen molar-refractivity contribution in [2.45, 2.75) is 19.9 Å². The SMILES string of the molecule is Cc1cc(C2C=CCN2)c(C)s1. The molecule has 1 aliphatic heterocycles. The summed E-state index contributed by atoms with van der Waals surface area (Å²) in [5.74, 6) is 0. The largest absolute Gasteiger partial charge is 0.303 e. The zero-order chi connectivity index (χ0) is 8.55. The maximum absolute atomic E-state index is 3.42. The first-order chi connectivity index (χ1) is 5.77. The van der Waals surface area contributed by atoms with Gasteiger partial charge in [0.25, 0.3) is 0 Å². The van der Waals surface area contributed by atoms with Gasteiger partial charge in [0.15, 0.2) is 0 Å². The predicted octanol–water partition coefficient (Wildman–Crippen LogP) is 2.57. The quantitative estimate of drug-likeness (QED) is 0.653. The van der Waals surface area contributed by atoms with E-state index in [1.54, 1.807) is 0 Å². The van der Waals surface area contributed by atoms with Crippen LogP contribution in [-0.2, 0) is 0 Å². The van der Waals surface area contributed by atoms with Gasteiger partial charge in [0, 0.05) is 16.3 Å². The van der Waals surface area contributed by atoms with Crippen LogP contribution in [0, 0.1) is 13.8 Å². The van der Waals surface area contributed by atoms with Crippen molar-refractivity contribution in [1.82, 2.24) is 5.32 Å². The van der Waals surface area contributed by atoms with Crippen LogP contribution in [0.1, 0.15) is 21.4 Å². The van der Waals surface area contributed by atoms with Crippen molar-refractivity contribution in [3.8, 4) is 0 Å². The van der Waals surface area contributed by atoms with Gasteiger partial charge in [-0.25, -0.2) is 0 Å². The lowest BCUT2D eigenvalue weighted by atomic mass is 10.1. The Hall–Kier alpha value is -0.600. The van der Waals surface area contributed by atoms with E-state index in [-0.39, 0.29) is 0 Å². The summed E-state index contributed by atoms with van der Waals surface area (Å²) in [7, 11) is 0. The molecule has 1 aliphatic rings. The van der Waals surface area contributed by atoms with Gasteiger partial charge >= 0.3 is 0 Å². The van der Waals surface area contributed by atoms with Gasteiger partial charge in [-0.2, -0.15) is 0 Å². The molecule has 0 aromatic carbocycles. The number of rotatable bonds is 1. The van der Waals surface area contributed by atoms with E-state index in [4.69, 9.17) is 0 Å². The number of aryl methyl sites for hydroxylation is 2. The maximum atomic E-state index is 3.42. The Morgan fingerprint density at radius 1 is 1.50 bits per heavy atom. The van der Waals surface area contributed by atoms with Crippen LogP contribution < -0.4 is 5.32 Å². The van der Waals surface area contributed by atoms with Crippen molar-refractivity contribution in [2.75, 3.05) is 6.54 Å². The standard InChI is InChI=1S/C10H13NS/c1-7-6-9(8(2)12-7)10-4-3-5-11-10/h3-4,6,10-11H,5H2,1-2H3. The minimum Gasteiger partial charge on any atom is -0.303 e. The molecule has 0 spiro atoms. The lowest BCUT2D eigenvalue weighted by Crippen LogP contribution is -2.13. The highest BCUT2D eigenvalue weighted by Gasteiger charge is 2.14. The van der Waals surface area contributed by atoms with Gasteiger partial charge in [-0.1, -0.05) is 12.2 Å². The first kappa shape index (κ1) is 8.02. The molecule has 1 atom stereocenters. The first-order valence-corrected chi connectivity index (χ1v) is 5.06. The molecule has 2 heteroatoms. The summed E-state index contributed by atoms with van der Waals surface area (Å²) in [6.45, 7) is 5.37. The summed E-state index contributed by atoms with van der Waals surface area (Å²) < 4.78 is 0. The molecule has 0 aliphatic carbocycles. The summed E-state index contributed by atoms with van der Waals surface area (Å²) in [4.78, 5) is 2.85. The number of hydrogen-bond acceptors (Lipinski definition) is 2. The Balaban J connectivity index is 2.32.